The van der Waals surface area contributed by atoms with E-state index in [4.69, 9.17) is 0 Å². The molecule has 0 bridgehead atoms. The van der Waals surface area contributed by atoms with Gasteiger partial charge in [-0.25, -0.2) is 0 Å². The summed E-state index contributed by atoms with van der Waals surface area (Å²) in [6.07, 6.45) is 0. The van der Waals surface area contributed by atoms with Gasteiger partial charge in [0.05, 0.1) is 17.1 Å². The van der Waals surface area contributed by atoms with Crippen molar-refractivity contribution in [3.05, 3.63) is 131 Å². The van der Waals surface area contributed by atoms with Crippen molar-refractivity contribution in [3.8, 4) is 11.1 Å². The average molecular weight is 452 g/mol. The van der Waals surface area contributed by atoms with Crippen LogP contribution in [0.3, 0.4) is 0 Å². The standard InChI is InChI=1S/C34H29N/c1-22(2)33-29-20-23(3)14-18-31(29)35(32-19-15-24(4)21-30(32)33)34-27-13-9-8-12-26(27)16-17-28(34)25-10-6-5-7-11-25/h5-21H,1-4H3. The van der Waals surface area contributed by atoms with Crippen molar-refractivity contribution in [1.82, 2.24) is 0 Å². The van der Waals surface area contributed by atoms with Crippen LogP contribution in [0.5, 0.6) is 0 Å². The molecule has 0 N–H and O–H groups in total. The molecule has 0 amide bonds. The van der Waals surface area contributed by atoms with E-state index in [1.807, 2.05) is 0 Å². The van der Waals surface area contributed by atoms with E-state index in [0.717, 1.165) is 0 Å². The Kier molecular flexibility index (Phi) is 5.07. The van der Waals surface area contributed by atoms with Gasteiger partial charge in [-0.1, -0.05) is 95.6 Å². The fourth-order valence-corrected chi connectivity index (χ4v) is 5.49. The quantitative estimate of drug-likeness (QED) is 0.253. The van der Waals surface area contributed by atoms with Crippen LogP contribution in [0.15, 0.2) is 109 Å². The minimum Gasteiger partial charge on any atom is -0.308 e. The zero-order chi connectivity index (χ0) is 24.1. The smallest absolute Gasteiger partial charge is 0.0618 e. The summed E-state index contributed by atoms with van der Waals surface area (Å²) in [7, 11) is 0. The second-order valence-corrected chi connectivity index (χ2v) is 9.80. The molecule has 1 aliphatic heterocycles. The first kappa shape index (κ1) is 21.4. The highest BCUT2D eigenvalue weighted by Crippen LogP contribution is 2.53. The number of rotatable bonds is 2. The van der Waals surface area contributed by atoms with Gasteiger partial charge in [-0.15, -0.1) is 0 Å². The van der Waals surface area contributed by atoms with Gasteiger partial charge in [0.25, 0.3) is 0 Å². The molecule has 5 aromatic carbocycles. The summed E-state index contributed by atoms with van der Waals surface area (Å²) in [6, 6.07) is 37.8. The van der Waals surface area contributed by atoms with Crippen LogP contribution in [0.25, 0.3) is 27.5 Å². The van der Waals surface area contributed by atoms with E-state index in [0.29, 0.717) is 0 Å². The Morgan fingerprint density at radius 1 is 0.571 bits per heavy atom. The van der Waals surface area contributed by atoms with Crippen molar-refractivity contribution in [3.63, 3.8) is 0 Å². The number of benzene rings is 5. The third-order valence-corrected chi connectivity index (χ3v) is 7.03. The van der Waals surface area contributed by atoms with Gasteiger partial charge in [-0.05, 0) is 68.5 Å². The molecule has 1 aliphatic rings. The Labute approximate surface area is 208 Å². The topological polar surface area (TPSA) is 3.24 Å². The van der Waals surface area contributed by atoms with Crippen LogP contribution in [0.2, 0.25) is 0 Å². The number of hydrogen-bond acceptors (Lipinski definition) is 1. The lowest BCUT2D eigenvalue weighted by Gasteiger charge is -2.37. The van der Waals surface area contributed by atoms with Crippen molar-refractivity contribution in [1.29, 1.82) is 0 Å². The number of aryl methyl sites for hydroxylation is 2. The summed E-state index contributed by atoms with van der Waals surface area (Å²) < 4.78 is 0. The van der Waals surface area contributed by atoms with Crippen molar-refractivity contribution < 1.29 is 0 Å². The van der Waals surface area contributed by atoms with E-state index in [2.05, 4.69) is 136 Å². The normalized spacial score (nSPS) is 12.5. The van der Waals surface area contributed by atoms with E-state index in [9.17, 15) is 0 Å². The Morgan fingerprint density at radius 3 is 1.80 bits per heavy atom. The third-order valence-electron chi connectivity index (χ3n) is 7.03. The Balaban J connectivity index is 1.78. The number of anilines is 3. The van der Waals surface area contributed by atoms with Crippen LogP contribution >= 0.6 is 0 Å². The molecule has 0 aliphatic carbocycles. The second kappa shape index (κ2) is 8.29. The van der Waals surface area contributed by atoms with Crippen LogP contribution in [0, 0.1) is 13.8 Å². The van der Waals surface area contributed by atoms with Gasteiger partial charge in [0.15, 0.2) is 0 Å². The van der Waals surface area contributed by atoms with Crippen LogP contribution in [0.4, 0.5) is 17.1 Å². The summed E-state index contributed by atoms with van der Waals surface area (Å²) in [4.78, 5) is 2.50. The molecule has 35 heavy (non-hydrogen) atoms. The van der Waals surface area contributed by atoms with Crippen LogP contribution in [-0.2, 0) is 0 Å². The highest BCUT2D eigenvalue weighted by molar-refractivity contribution is 6.11. The number of nitrogens with zero attached hydrogens (tertiary/aromatic N) is 1. The fraction of sp³-hybridized carbons (Fsp3) is 0.118. The first-order valence-electron chi connectivity index (χ1n) is 12.3. The maximum absolute atomic E-state index is 2.50. The maximum Gasteiger partial charge on any atom is 0.0618 e. The summed E-state index contributed by atoms with van der Waals surface area (Å²) in [6.45, 7) is 8.84. The fourth-order valence-electron chi connectivity index (χ4n) is 5.49. The highest BCUT2D eigenvalue weighted by atomic mass is 15.2. The molecule has 5 aromatic rings. The van der Waals surface area contributed by atoms with Crippen molar-refractivity contribution in [2.24, 2.45) is 0 Å². The van der Waals surface area contributed by atoms with Gasteiger partial charge in [-0.3, -0.25) is 0 Å². The average Bonchev–Trinajstić information content (AvgIpc) is 2.87. The number of fused-ring (bicyclic) bond motifs is 3. The van der Waals surface area contributed by atoms with Crippen molar-refractivity contribution in [2.75, 3.05) is 4.90 Å². The first-order valence-corrected chi connectivity index (χ1v) is 12.3. The SMILES string of the molecule is CC(C)=C1c2cc(C)ccc2N(c2c(-c3ccccc3)ccc3ccccc23)c2ccc(C)cc21. The zero-order valence-corrected chi connectivity index (χ0v) is 20.8. The Bertz CT molecular complexity index is 1560. The molecule has 170 valence electrons. The molecule has 0 spiro atoms. The molecular weight excluding hydrogens is 422 g/mol. The number of hydrogen-bond donors (Lipinski definition) is 0. The number of allylic oxidation sites excluding steroid dienone is 1. The minimum absolute atomic E-state index is 1.23. The Hall–Kier alpha value is -4.10. The third kappa shape index (κ3) is 3.47. The zero-order valence-electron chi connectivity index (χ0n) is 20.8. The molecule has 0 radical (unpaired) electrons. The lowest BCUT2D eigenvalue weighted by molar-refractivity contribution is 1.21. The molecular formula is C34H29N. The summed E-state index contributed by atoms with van der Waals surface area (Å²) in [5.74, 6) is 0. The monoisotopic (exact) mass is 451 g/mol. The van der Waals surface area contributed by atoms with E-state index in [1.165, 1.54) is 72.4 Å². The van der Waals surface area contributed by atoms with E-state index in [1.54, 1.807) is 0 Å². The lowest BCUT2D eigenvalue weighted by atomic mass is 9.84. The lowest BCUT2D eigenvalue weighted by Crippen LogP contribution is -2.20. The van der Waals surface area contributed by atoms with Gasteiger partial charge in [0.1, 0.15) is 0 Å². The molecule has 1 nitrogen and oxygen atoms in total. The van der Waals surface area contributed by atoms with Gasteiger partial charge >= 0.3 is 0 Å². The summed E-state index contributed by atoms with van der Waals surface area (Å²) >= 11 is 0. The van der Waals surface area contributed by atoms with Crippen LogP contribution < -0.4 is 4.90 Å². The summed E-state index contributed by atoms with van der Waals surface area (Å²) in [5.41, 5.74) is 14.0. The Morgan fingerprint density at radius 2 is 1.17 bits per heavy atom. The first-order chi connectivity index (χ1) is 17.0. The van der Waals surface area contributed by atoms with E-state index >= 15 is 0 Å². The molecule has 1 heterocycles. The largest absolute Gasteiger partial charge is 0.308 e. The molecule has 6 rings (SSSR count). The van der Waals surface area contributed by atoms with Crippen molar-refractivity contribution >= 4 is 33.4 Å². The molecule has 1 heteroatoms. The maximum atomic E-state index is 2.50. The van der Waals surface area contributed by atoms with Gasteiger partial charge < -0.3 is 4.90 Å². The van der Waals surface area contributed by atoms with E-state index in [-0.39, 0.29) is 0 Å². The predicted octanol–water partition coefficient (Wildman–Crippen LogP) is 9.75. The van der Waals surface area contributed by atoms with Crippen LogP contribution in [-0.4, -0.2) is 0 Å². The van der Waals surface area contributed by atoms with Crippen molar-refractivity contribution in [2.45, 2.75) is 27.7 Å². The van der Waals surface area contributed by atoms with Gasteiger partial charge in [0, 0.05) is 22.1 Å². The highest BCUT2D eigenvalue weighted by Gasteiger charge is 2.30. The molecule has 0 saturated heterocycles. The molecule has 0 unspecified atom stereocenters. The molecule has 0 saturated carbocycles. The summed E-state index contributed by atoms with van der Waals surface area (Å²) in [5, 5.41) is 2.50. The molecule has 0 fully saturated rings. The van der Waals surface area contributed by atoms with Crippen LogP contribution in [0.1, 0.15) is 36.1 Å². The second-order valence-electron chi connectivity index (χ2n) is 9.80. The predicted molar refractivity (Wildman–Crippen MR) is 151 cm³/mol. The molecule has 0 atom stereocenters. The van der Waals surface area contributed by atoms with Gasteiger partial charge in [0.2, 0.25) is 0 Å². The minimum atomic E-state index is 1.23. The van der Waals surface area contributed by atoms with Gasteiger partial charge in [-0.2, -0.15) is 0 Å². The van der Waals surface area contributed by atoms with E-state index < -0.39 is 0 Å². The molecule has 0 aromatic heterocycles.